The Morgan fingerprint density at radius 3 is 2.16 bits per heavy atom. The van der Waals surface area contributed by atoms with E-state index in [0.29, 0.717) is 0 Å². The van der Waals surface area contributed by atoms with E-state index >= 15 is 0 Å². The smallest absolute Gasteiger partial charge is 0.756 e. The van der Waals surface area contributed by atoms with Gasteiger partial charge >= 0.3 is 94.4 Å². The molecule has 32 heavy (non-hydrogen) atoms. The van der Waals surface area contributed by atoms with Crippen LogP contribution in [0, 0.1) is 0 Å². The van der Waals surface area contributed by atoms with Crippen molar-refractivity contribution in [2.75, 3.05) is 12.3 Å². The molecule has 0 aromatic carbocycles. The van der Waals surface area contributed by atoms with Crippen molar-refractivity contribution in [3.63, 3.8) is 0 Å². The van der Waals surface area contributed by atoms with E-state index in [1.165, 1.54) is 6.07 Å². The Balaban J connectivity index is 0. The summed E-state index contributed by atoms with van der Waals surface area (Å²) in [4.78, 5) is 56.4. The van der Waals surface area contributed by atoms with Crippen molar-refractivity contribution in [1.82, 2.24) is 9.55 Å². The summed E-state index contributed by atoms with van der Waals surface area (Å²) in [7, 11) is -17.8. The standard InChI is InChI=1S/C9H16N3O14P3.3Na/c10-5-1-2-12(9(15)11-5)8-7(14)6(13)4(24-8)3-23-28(19,20)26-29(21,22)25-27(16,17)18;;;/h1-2,4,6-8,13-14H,3H2,(H,19,20)(H,21,22)(H2,10,11,15)(H2,16,17,18);;;/q;3*+1/p-3/t4?,6-,7?,8?;;;/m1.../s1. The third kappa shape index (κ3) is 10.9. The molecule has 0 saturated carbocycles. The average Bonchev–Trinajstić information content (AvgIpc) is 2.78. The quantitative estimate of drug-likeness (QED) is 0.173. The number of aromatic nitrogens is 2. The molecule has 1 aliphatic heterocycles. The Morgan fingerprint density at radius 2 is 1.66 bits per heavy atom. The first-order chi connectivity index (χ1) is 13.1. The van der Waals surface area contributed by atoms with Crippen molar-refractivity contribution in [3.8, 4) is 0 Å². The van der Waals surface area contributed by atoms with Crippen molar-refractivity contribution in [2.24, 2.45) is 0 Å². The number of nitrogens with zero attached hydrogens (tertiary/aromatic N) is 2. The number of nitrogen functional groups attached to an aromatic ring is 1. The number of aliphatic hydroxyl groups is 2. The van der Waals surface area contributed by atoms with E-state index in [4.69, 9.17) is 15.4 Å². The molecule has 0 amide bonds. The number of rotatable bonds is 8. The van der Waals surface area contributed by atoms with Crippen LogP contribution in [0.2, 0.25) is 0 Å². The Bertz CT molecular complexity index is 960. The molecule has 2 rings (SSSR count). The fourth-order valence-electron chi connectivity index (χ4n) is 2.17. The zero-order valence-electron chi connectivity index (χ0n) is 16.8. The second-order valence-corrected chi connectivity index (χ2v) is 9.70. The second kappa shape index (κ2) is 14.1. The zero-order chi connectivity index (χ0) is 22.2. The zero-order valence-corrected chi connectivity index (χ0v) is 25.5. The fourth-order valence-corrected chi connectivity index (χ4v) is 5.06. The second-order valence-electron chi connectivity index (χ2n) is 5.41. The average molecular weight is 549 g/mol. The van der Waals surface area contributed by atoms with Gasteiger partial charge in [-0.3, -0.25) is 18.3 Å². The summed E-state index contributed by atoms with van der Waals surface area (Å²) in [5, 5.41) is 19.9. The predicted octanol–water partition coefficient (Wildman–Crippen LogP) is -13.1. The minimum atomic E-state index is -6.09. The molecule has 0 bridgehead atoms. The summed E-state index contributed by atoms with van der Waals surface area (Å²) in [6.45, 7) is -1.12. The van der Waals surface area contributed by atoms with E-state index in [1.807, 2.05) is 0 Å². The van der Waals surface area contributed by atoms with Gasteiger partial charge in [0.05, 0.1) is 6.61 Å². The minimum Gasteiger partial charge on any atom is -0.756 e. The van der Waals surface area contributed by atoms with Crippen LogP contribution in [0.5, 0.6) is 0 Å². The van der Waals surface area contributed by atoms with Crippen molar-refractivity contribution in [2.45, 2.75) is 24.5 Å². The number of phosphoric ester groups is 1. The van der Waals surface area contributed by atoms with Crippen LogP contribution >= 0.6 is 23.5 Å². The van der Waals surface area contributed by atoms with Crippen LogP contribution < -0.4 is 115 Å². The van der Waals surface area contributed by atoms with E-state index in [9.17, 15) is 43.4 Å². The molecule has 0 spiro atoms. The number of anilines is 1. The maximum atomic E-state index is 11.8. The third-order valence-corrected chi connectivity index (χ3v) is 6.95. The summed E-state index contributed by atoms with van der Waals surface area (Å²) in [6.07, 6.45) is -5.62. The fraction of sp³-hybridized carbons (Fsp3) is 0.556. The molecule has 1 fully saturated rings. The summed E-state index contributed by atoms with van der Waals surface area (Å²) in [6, 6.07) is 1.18. The predicted molar refractivity (Wildman–Crippen MR) is 82.0 cm³/mol. The number of ether oxygens (including phenoxy) is 1. The van der Waals surface area contributed by atoms with Gasteiger partial charge in [-0.15, -0.1) is 0 Å². The number of hydrogen-bond acceptors (Lipinski definition) is 15. The van der Waals surface area contributed by atoms with E-state index in [1.54, 1.807) is 0 Å². The van der Waals surface area contributed by atoms with Gasteiger partial charge in [-0.05, 0) is 6.07 Å². The van der Waals surface area contributed by atoms with Gasteiger partial charge in [0, 0.05) is 6.20 Å². The Labute approximate surface area is 246 Å². The molecule has 17 nitrogen and oxygen atoms in total. The van der Waals surface area contributed by atoms with Crippen LogP contribution in [0.25, 0.3) is 0 Å². The Hall–Kier alpha value is 1.97. The molecule has 1 aromatic heterocycles. The van der Waals surface area contributed by atoms with Crippen LogP contribution in [-0.2, 0) is 31.6 Å². The van der Waals surface area contributed by atoms with Crippen molar-refractivity contribution in [3.05, 3.63) is 22.7 Å². The minimum absolute atomic E-state index is 0. The molecule has 2 heterocycles. The van der Waals surface area contributed by atoms with Crippen LogP contribution in [-0.4, -0.2) is 49.6 Å². The molecule has 1 aliphatic rings. The van der Waals surface area contributed by atoms with E-state index in [-0.39, 0.29) is 94.5 Å². The molecule has 0 aliphatic carbocycles. The number of nitrogens with two attached hydrogens (primary N) is 1. The molecular weight excluding hydrogens is 536 g/mol. The summed E-state index contributed by atoms with van der Waals surface area (Å²) >= 11 is 0. The van der Waals surface area contributed by atoms with Crippen LogP contribution in [0.1, 0.15) is 6.23 Å². The number of phosphoric acid groups is 3. The molecule has 0 radical (unpaired) electrons. The molecule has 1 saturated heterocycles. The normalized spacial score (nSPS) is 28.1. The van der Waals surface area contributed by atoms with Gasteiger partial charge in [0.1, 0.15) is 24.1 Å². The molecule has 7 atom stereocenters. The molecule has 23 heteroatoms. The first kappa shape index (κ1) is 36.1. The van der Waals surface area contributed by atoms with Gasteiger partial charge < -0.3 is 44.8 Å². The topological polar surface area (TPSA) is 279 Å². The third-order valence-electron chi connectivity index (χ3n) is 3.26. The van der Waals surface area contributed by atoms with Gasteiger partial charge in [-0.1, -0.05) is 0 Å². The van der Waals surface area contributed by atoms with Gasteiger partial charge in [-0.2, -0.15) is 4.98 Å². The SMILES string of the molecule is Nc1ccn(C2OC(COP(=O)([O-])OP(=O)([O-])OP(=O)([O-])O)[C@@H](O)C2O)c(=O)n1.[Na+].[Na+].[Na+]. The number of hydrogen-bond donors (Lipinski definition) is 4. The molecule has 1 aromatic rings. The number of aliphatic hydroxyl groups excluding tert-OH is 2. The first-order valence-corrected chi connectivity index (χ1v) is 11.6. The molecule has 166 valence electrons. The van der Waals surface area contributed by atoms with Crippen LogP contribution in [0.3, 0.4) is 0 Å². The summed E-state index contributed by atoms with van der Waals surface area (Å²) in [5.41, 5.74) is 4.35. The maximum Gasteiger partial charge on any atom is 1.00 e. The first-order valence-electron chi connectivity index (χ1n) is 7.20. The Kier molecular flexibility index (Phi) is 15.9. The van der Waals surface area contributed by atoms with Gasteiger partial charge in [-0.25, -0.2) is 13.4 Å². The van der Waals surface area contributed by atoms with Crippen LogP contribution in [0.4, 0.5) is 5.82 Å². The van der Waals surface area contributed by atoms with Crippen molar-refractivity contribution >= 4 is 29.3 Å². The molecule has 5 N–H and O–H groups in total. The van der Waals surface area contributed by atoms with Gasteiger partial charge in [0.15, 0.2) is 6.23 Å². The molecular formula is C9H13N3Na3O14P3. The largest absolute Gasteiger partial charge is 1.00 e. The summed E-state index contributed by atoms with van der Waals surface area (Å²) < 4.78 is 49.5. The van der Waals surface area contributed by atoms with Crippen molar-refractivity contribution in [1.29, 1.82) is 0 Å². The molecule has 6 unspecified atom stereocenters. The van der Waals surface area contributed by atoms with Crippen LogP contribution in [0.15, 0.2) is 17.1 Å². The summed E-state index contributed by atoms with van der Waals surface area (Å²) in [5.74, 6) is -0.140. The Morgan fingerprint density at radius 1 is 1.09 bits per heavy atom. The van der Waals surface area contributed by atoms with Gasteiger partial charge in [0.2, 0.25) is 0 Å². The van der Waals surface area contributed by atoms with Crippen molar-refractivity contribution < 1.29 is 150 Å². The van der Waals surface area contributed by atoms with Gasteiger partial charge in [0.25, 0.3) is 23.5 Å². The van der Waals surface area contributed by atoms with E-state index < -0.39 is 60.3 Å². The van der Waals surface area contributed by atoms with E-state index in [0.717, 1.165) is 10.8 Å². The van der Waals surface area contributed by atoms with E-state index in [2.05, 4.69) is 18.1 Å². The monoisotopic (exact) mass is 549 g/mol. The maximum absolute atomic E-state index is 11.8.